The maximum atomic E-state index is 10.7. The first-order chi connectivity index (χ1) is 3.84. The summed E-state index contributed by atoms with van der Waals surface area (Å²) in [6.07, 6.45) is 2.82. The molecule has 3 fully saturated rings. The maximum Gasteiger partial charge on any atom is 0.136 e. The van der Waals surface area contributed by atoms with Crippen LogP contribution in [0.25, 0.3) is 0 Å². The van der Waals surface area contributed by atoms with E-state index in [9.17, 15) is 4.79 Å². The third-order valence-electron chi connectivity index (χ3n) is 1.99. The predicted octanol–water partition coefficient (Wildman–Crippen LogP) is 0.0798. The first-order valence-electron chi connectivity index (χ1n) is 3.12. The van der Waals surface area contributed by atoms with E-state index in [1.807, 2.05) is 0 Å². The number of hydrogen-bond acceptors (Lipinski definition) is 2. The summed E-state index contributed by atoms with van der Waals surface area (Å²) >= 11 is 0. The summed E-state index contributed by atoms with van der Waals surface area (Å²) in [6, 6.07) is 1.11. The SMILES string of the molecule is O=C1CC2CC(C1)N2. The van der Waals surface area contributed by atoms with E-state index in [1.54, 1.807) is 0 Å². The smallest absolute Gasteiger partial charge is 0.136 e. The van der Waals surface area contributed by atoms with Crippen LogP contribution in [0.4, 0.5) is 0 Å². The van der Waals surface area contributed by atoms with Crippen LogP contribution in [0.5, 0.6) is 0 Å². The van der Waals surface area contributed by atoms with Crippen LogP contribution in [0.15, 0.2) is 0 Å². The zero-order valence-electron chi connectivity index (χ0n) is 4.68. The fourth-order valence-electron chi connectivity index (χ4n) is 1.57. The van der Waals surface area contributed by atoms with Crippen LogP contribution >= 0.6 is 0 Å². The van der Waals surface area contributed by atoms with E-state index in [4.69, 9.17) is 0 Å². The Hall–Kier alpha value is -0.370. The molecule has 2 atom stereocenters. The largest absolute Gasteiger partial charge is 0.310 e. The molecule has 2 heterocycles. The van der Waals surface area contributed by atoms with E-state index in [1.165, 1.54) is 6.42 Å². The number of fused-ring (bicyclic) bond motifs is 2. The van der Waals surface area contributed by atoms with Crippen LogP contribution in [0, 0.1) is 0 Å². The van der Waals surface area contributed by atoms with Crippen molar-refractivity contribution in [3.8, 4) is 0 Å². The normalized spacial score (nSPS) is 43.8. The van der Waals surface area contributed by atoms with E-state index in [0.717, 1.165) is 12.8 Å². The van der Waals surface area contributed by atoms with E-state index in [2.05, 4.69) is 5.32 Å². The van der Waals surface area contributed by atoms with Gasteiger partial charge < -0.3 is 5.32 Å². The molecule has 44 valence electrons. The first kappa shape index (κ1) is 4.50. The number of Topliss-reactive ketones (excluding diaryl/α,β-unsaturated/α-hetero) is 1. The second-order valence-electron chi connectivity index (χ2n) is 2.74. The van der Waals surface area contributed by atoms with Gasteiger partial charge in [0.2, 0.25) is 0 Å². The van der Waals surface area contributed by atoms with E-state index >= 15 is 0 Å². The number of carbonyl (C=O) groups is 1. The van der Waals surface area contributed by atoms with Crippen molar-refractivity contribution < 1.29 is 4.79 Å². The standard InChI is InChI=1S/C6H9NO/c8-6-2-4-1-5(3-6)7-4/h4-5,7H,1-3H2. The van der Waals surface area contributed by atoms with Gasteiger partial charge in [-0.15, -0.1) is 0 Å². The molecular formula is C6H9NO. The summed E-state index contributed by atoms with van der Waals surface area (Å²) in [5, 5.41) is 3.29. The van der Waals surface area contributed by atoms with Gasteiger partial charge in [-0.2, -0.15) is 0 Å². The Labute approximate surface area is 48.3 Å². The van der Waals surface area contributed by atoms with Gasteiger partial charge in [0, 0.05) is 24.9 Å². The molecule has 2 aliphatic heterocycles. The highest BCUT2D eigenvalue weighted by molar-refractivity contribution is 5.81. The molecule has 3 aliphatic rings. The fraction of sp³-hybridized carbons (Fsp3) is 0.833. The van der Waals surface area contributed by atoms with Gasteiger partial charge in [-0.3, -0.25) is 4.79 Å². The average molecular weight is 111 g/mol. The minimum atomic E-state index is 0.449. The molecule has 0 aromatic rings. The van der Waals surface area contributed by atoms with Gasteiger partial charge in [0.25, 0.3) is 0 Å². The lowest BCUT2D eigenvalue weighted by atomic mass is 9.82. The lowest BCUT2D eigenvalue weighted by Crippen LogP contribution is -2.58. The molecular weight excluding hydrogens is 102 g/mol. The number of ketones is 1. The summed E-state index contributed by atoms with van der Waals surface area (Å²) in [7, 11) is 0. The zero-order chi connectivity index (χ0) is 5.56. The van der Waals surface area contributed by atoms with Gasteiger partial charge in [0.1, 0.15) is 5.78 Å². The summed E-state index contributed by atoms with van der Waals surface area (Å²) < 4.78 is 0. The summed E-state index contributed by atoms with van der Waals surface area (Å²) in [6.45, 7) is 0. The molecule has 2 nitrogen and oxygen atoms in total. The minimum Gasteiger partial charge on any atom is -0.310 e. The Balaban J connectivity index is 2.07. The number of hydrogen-bond donors (Lipinski definition) is 1. The van der Waals surface area contributed by atoms with Crippen molar-refractivity contribution in [3.63, 3.8) is 0 Å². The van der Waals surface area contributed by atoms with Crippen molar-refractivity contribution in [1.29, 1.82) is 0 Å². The molecule has 8 heavy (non-hydrogen) atoms. The lowest BCUT2D eigenvalue weighted by molar-refractivity contribution is -0.124. The van der Waals surface area contributed by atoms with Crippen LogP contribution in [0.2, 0.25) is 0 Å². The van der Waals surface area contributed by atoms with E-state index in [0.29, 0.717) is 17.9 Å². The van der Waals surface area contributed by atoms with E-state index in [-0.39, 0.29) is 0 Å². The third-order valence-corrected chi connectivity index (χ3v) is 1.99. The third kappa shape index (κ3) is 0.494. The molecule has 3 rings (SSSR count). The number of piperidine rings is 1. The molecule has 2 unspecified atom stereocenters. The monoisotopic (exact) mass is 111 g/mol. The van der Waals surface area contributed by atoms with E-state index < -0.39 is 0 Å². The second kappa shape index (κ2) is 1.32. The summed E-state index contributed by atoms with van der Waals surface area (Å²) in [5.74, 6) is 0.449. The molecule has 0 radical (unpaired) electrons. The molecule has 0 amide bonds. The lowest BCUT2D eigenvalue weighted by Gasteiger charge is -2.41. The van der Waals surface area contributed by atoms with Crippen LogP contribution in [0.3, 0.4) is 0 Å². The Morgan fingerprint density at radius 1 is 1.38 bits per heavy atom. The van der Waals surface area contributed by atoms with Crippen molar-refractivity contribution in [2.75, 3.05) is 0 Å². The van der Waals surface area contributed by atoms with Crippen molar-refractivity contribution in [3.05, 3.63) is 0 Å². The Morgan fingerprint density at radius 2 is 1.88 bits per heavy atom. The van der Waals surface area contributed by atoms with Crippen molar-refractivity contribution in [2.24, 2.45) is 0 Å². The summed E-state index contributed by atoms with van der Waals surface area (Å²) in [5.41, 5.74) is 0. The van der Waals surface area contributed by atoms with Crippen LogP contribution in [-0.4, -0.2) is 17.9 Å². The van der Waals surface area contributed by atoms with Gasteiger partial charge in [-0.05, 0) is 6.42 Å². The highest BCUT2D eigenvalue weighted by Crippen LogP contribution is 2.24. The van der Waals surface area contributed by atoms with Crippen molar-refractivity contribution >= 4 is 5.78 Å². The van der Waals surface area contributed by atoms with Gasteiger partial charge in [-0.25, -0.2) is 0 Å². The van der Waals surface area contributed by atoms with Crippen LogP contribution in [-0.2, 0) is 4.79 Å². The molecule has 1 aliphatic carbocycles. The predicted molar refractivity (Wildman–Crippen MR) is 29.6 cm³/mol. The van der Waals surface area contributed by atoms with Gasteiger partial charge in [0.05, 0.1) is 0 Å². The van der Waals surface area contributed by atoms with Crippen LogP contribution < -0.4 is 5.32 Å². The Morgan fingerprint density at radius 3 is 2.12 bits per heavy atom. The number of nitrogens with one attached hydrogen (secondary N) is 1. The molecule has 1 saturated carbocycles. The topological polar surface area (TPSA) is 29.1 Å². The average Bonchev–Trinajstić information content (AvgIpc) is 1.62. The highest BCUT2D eigenvalue weighted by atomic mass is 16.1. The van der Waals surface area contributed by atoms with Crippen LogP contribution in [0.1, 0.15) is 19.3 Å². The molecule has 1 N–H and O–H groups in total. The molecule has 2 bridgehead atoms. The molecule has 0 aromatic heterocycles. The van der Waals surface area contributed by atoms with Gasteiger partial charge in [0.15, 0.2) is 0 Å². The maximum absolute atomic E-state index is 10.7. The molecule has 0 aromatic carbocycles. The quantitative estimate of drug-likeness (QED) is 0.479. The summed E-state index contributed by atoms with van der Waals surface area (Å²) in [4.78, 5) is 10.7. The number of rotatable bonds is 0. The van der Waals surface area contributed by atoms with Crippen molar-refractivity contribution in [1.82, 2.24) is 5.32 Å². The van der Waals surface area contributed by atoms with Crippen molar-refractivity contribution in [2.45, 2.75) is 31.3 Å². The highest BCUT2D eigenvalue weighted by Gasteiger charge is 2.36. The molecule has 2 heteroatoms. The first-order valence-corrected chi connectivity index (χ1v) is 3.12. The fourth-order valence-corrected chi connectivity index (χ4v) is 1.57. The Kier molecular flexibility index (Phi) is 0.742. The second-order valence-corrected chi connectivity index (χ2v) is 2.74. The minimum absolute atomic E-state index is 0.449. The number of carbonyl (C=O) groups excluding carboxylic acids is 1. The van der Waals surface area contributed by atoms with Gasteiger partial charge in [-0.1, -0.05) is 0 Å². The molecule has 2 saturated heterocycles. The Bertz CT molecular complexity index is 114. The zero-order valence-corrected chi connectivity index (χ0v) is 4.68. The van der Waals surface area contributed by atoms with Gasteiger partial charge >= 0.3 is 0 Å². The molecule has 0 spiro atoms.